The molecule has 3 aromatic rings. The Bertz CT molecular complexity index is 1150. The van der Waals surface area contributed by atoms with E-state index >= 15 is 0 Å². The van der Waals surface area contributed by atoms with Gasteiger partial charge in [0.25, 0.3) is 0 Å². The zero-order chi connectivity index (χ0) is 24.5. The monoisotopic (exact) mass is 468 g/mol. The van der Waals surface area contributed by atoms with Crippen molar-refractivity contribution in [3.8, 4) is 11.5 Å². The number of hydrogen-bond acceptors (Lipinski definition) is 5. The number of likely N-dealkylation sites (N-methyl/N-ethyl adjacent to an activating group) is 1. The van der Waals surface area contributed by atoms with Gasteiger partial charge in [0.2, 0.25) is 5.91 Å². The number of benzene rings is 2. The molecule has 0 saturated heterocycles. The quantitative estimate of drug-likeness (QED) is 0.411. The summed E-state index contributed by atoms with van der Waals surface area (Å²) in [5.41, 5.74) is 2.30. The number of amides is 1. The Balaban J connectivity index is 1.66. The average molecular weight is 469 g/mol. The van der Waals surface area contributed by atoms with Gasteiger partial charge in [-0.1, -0.05) is 32.9 Å². The van der Waals surface area contributed by atoms with Crippen molar-refractivity contribution >= 4 is 22.6 Å². The number of nitrogens with one attached hydrogen (secondary N) is 1. The van der Waals surface area contributed by atoms with Crippen molar-refractivity contribution in [2.24, 2.45) is 0 Å². The van der Waals surface area contributed by atoms with Crippen molar-refractivity contribution in [1.29, 1.82) is 0 Å². The van der Waals surface area contributed by atoms with Crippen LogP contribution in [0.5, 0.6) is 11.5 Å². The topological polar surface area (TPSA) is 77.7 Å². The van der Waals surface area contributed by atoms with Crippen molar-refractivity contribution in [3.05, 3.63) is 52.9 Å². The first-order valence-electron chi connectivity index (χ1n) is 12.0. The van der Waals surface area contributed by atoms with Crippen LogP contribution >= 0.6 is 0 Å². The van der Waals surface area contributed by atoms with Crippen LogP contribution in [0.15, 0.2) is 47.3 Å². The van der Waals surface area contributed by atoms with E-state index in [4.69, 9.17) is 9.47 Å². The predicted octanol–water partition coefficient (Wildman–Crippen LogP) is 3.97. The molecular formula is C26H36N4O4. The van der Waals surface area contributed by atoms with Gasteiger partial charge in [-0.25, -0.2) is 4.79 Å². The van der Waals surface area contributed by atoms with E-state index in [1.165, 1.54) is 0 Å². The fourth-order valence-corrected chi connectivity index (χ4v) is 4.06. The van der Waals surface area contributed by atoms with Crippen LogP contribution in [-0.2, 0) is 17.9 Å². The van der Waals surface area contributed by atoms with Gasteiger partial charge >= 0.3 is 5.69 Å². The molecule has 0 spiro atoms. The minimum atomic E-state index is -0.168. The first kappa shape index (κ1) is 25.4. The lowest BCUT2D eigenvalue weighted by molar-refractivity contribution is -0.116. The molecule has 1 aromatic heterocycles. The van der Waals surface area contributed by atoms with E-state index in [0.29, 0.717) is 36.9 Å². The van der Waals surface area contributed by atoms with Crippen molar-refractivity contribution < 1.29 is 14.3 Å². The van der Waals surface area contributed by atoms with Crippen LogP contribution in [0.25, 0.3) is 11.0 Å². The van der Waals surface area contributed by atoms with E-state index in [-0.39, 0.29) is 18.0 Å². The van der Waals surface area contributed by atoms with Crippen molar-refractivity contribution in [2.45, 2.75) is 46.7 Å². The van der Waals surface area contributed by atoms with E-state index in [2.05, 4.69) is 24.1 Å². The van der Waals surface area contributed by atoms with Gasteiger partial charge in [0.15, 0.2) is 11.5 Å². The fraction of sp³-hybridized carbons (Fsp3) is 0.462. The molecule has 34 heavy (non-hydrogen) atoms. The summed E-state index contributed by atoms with van der Waals surface area (Å²) in [4.78, 5) is 27.9. The maximum Gasteiger partial charge on any atom is 0.329 e. The fourth-order valence-electron chi connectivity index (χ4n) is 4.06. The second-order valence-electron chi connectivity index (χ2n) is 8.11. The Morgan fingerprint density at radius 1 is 0.971 bits per heavy atom. The summed E-state index contributed by atoms with van der Waals surface area (Å²) in [6, 6.07) is 13.1. The first-order valence-corrected chi connectivity index (χ1v) is 12.0. The number of anilines is 1. The molecule has 0 saturated carbocycles. The summed E-state index contributed by atoms with van der Waals surface area (Å²) >= 11 is 0. The van der Waals surface area contributed by atoms with Crippen molar-refractivity contribution in [1.82, 2.24) is 14.0 Å². The molecule has 0 aliphatic rings. The second-order valence-corrected chi connectivity index (χ2v) is 8.11. The number of ether oxygens (including phenoxy) is 2. The van der Waals surface area contributed by atoms with Crippen LogP contribution in [0.3, 0.4) is 0 Å². The number of para-hydroxylation sites is 2. The highest BCUT2D eigenvalue weighted by Crippen LogP contribution is 2.30. The van der Waals surface area contributed by atoms with Crippen LogP contribution in [0.1, 0.15) is 33.6 Å². The highest BCUT2D eigenvalue weighted by atomic mass is 16.5. The number of carbonyl (C=O) groups excluding carboxylic acids is 1. The predicted molar refractivity (Wildman–Crippen MR) is 136 cm³/mol. The Morgan fingerprint density at radius 2 is 1.65 bits per heavy atom. The molecule has 0 aliphatic heterocycles. The third kappa shape index (κ3) is 5.99. The highest BCUT2D eigenvalue weighted by Gasteiger charge is 2.14. The molecule has 0 atom stereocenters. The molecule has 0 fully saturated rings. The Labute approximate surface area is 201 Å². The molecule has 1 amide bonds. The van der Waals surface area contributed by atoms with Crippen LogP contribution in [0, 0.1) is 0 Å². The molecular weight excluding hydrogens is 432 g/mol. The van der Waals surface area contributed by atoms with Gasteiger partial charge in [-0.3, -0.25) is 13.9 Å². The number of methoxy groups -OCH3 is 1. The SMILES string of the molecule is CCCn1c(=O)n(CCC(=O)Nc2ccc(OC)c(OCCN(CC)CC)c2)c2ccccc21. The number of hydrogen-bond donors (Lipinski definition) is 1. The molecule has 8 nitrogen and oxygen atoms in total. The van der Waals surface area contributed by atoms with E-state index in [1.807, 2.05) is 31.2 Å². The average Bonchev–Trinajstić information content (AvgIpc) is 3.11. The van der Waals surface area contributed by atoms with Gasteiger partial charge in [-0.15, -0.1) is 0 Å². The van der Waals surface area contributed by atoms with Gasteiger partial charge in [0.1, 0.15) is 6.61 Å². The third-order valence-electron chi connectivity index (χ3n) is 5.94. The number of fused-ring (bicyclic) bond motifs is 1. The van der Waals surface area contributed by atoms with Crippen LogP contribution < -0.4 is 20.5 Å². The van der Waals surface area contributed by atoms with Crippen molar-refractivity contribution in [2.75, 3.05) is 38.7 Å². The number of nitrogens with zero attached hydrogens (tertiary/aromatic N) is 3. The molecule has 0 radical (unpaired) electrons. The maximum atomic E-state index is 12.9. The largest absolute Gasteiger partial charge is 0.493 e. The molecule has 0 unspecified atom stereocenters. The van der Waals surface area contributed by atoms with E-state index in [9.17, 15) is 9.59 Å². The third-order valence-corrected chi connectivity index (χ3v) is 5.94. The molecule has 0 aliphatic carbocycles. The van der Waals surface area contributed by atoms with Crippen LogP contribution in [-0.4, -0.2) is 53.3 Å². The standard InChI is InChI=1S/C26H36N4O4/c1-5-15-29-21-10-8-9-11-22(21)30(26(29)32)16-14-25(31)27-20-12-13-23(33-4)24(19-20)34-18-17-28(6-2)7-3/h8-13,19H,5-7,14-18H2,1-4H3,(H,27,31). The number of aromatic nitrogens is 2. The Kier molecular flexibility index (Phi) is 9.16. The van der Waals surface area contributed by atoms with Gasteiger partial charge in [-0.05, 0) is 43.8 Å². The molecule has 1 N–H and O–H groups in total. The van der Waals surface area contributed by atoms with Gasteiger partial charge in [0.05, 0.1) is 18.1 Å². The Morgan fingerprint density at radius 3 is 2.26 bits per heavy atom. The summed E-state index contributed by atoms with van der Waals surface area (Å²) in [7, 11) is 1.59. The number of imidazole rings is 1. The molecule has 8 heteroatoms. The lowest BCUT2D eigenvalue weighted by atomic mass is 10.2. The van der Waals surface area contributed by atoms with Gasteiger partial charge < -0.3 is 19.7 Å². The first-order chi connectivity index (χ1) is 16.5. The minimum Gasteiger partial charge on any atom is -0.493 e. The molecule has 2 aromatic carbocycles. The summed E-state index contributed by atoms with van der Waals surface area (Å²) in [6.45, 7) is 10.5. The summed E-state index contributed by atoms with van der Waals surface area (Å²) in [6.07, 6.45) is 1.05. The highest BCUT2D eigenvalue weighted by molar-refractivity contribution is 5.91. The second kappa shape index (κ2) is 12.3. The Hall–Kier alpha value is -3.26. The maximum absolute atomic E-state index is 12.9. The van der Waals surface area contributed by atoms with E-state index in [1.54, 1.807) is 34.4 Å². The lowest BCUT2D eigenvalue weighted by Gasteiger charge is -2.19. The molecule has 0 bridgehead atoms. The zero-order valence-electron chi connectivity index (χ0n) is 20.7. The number of aryl methyl sites for hydroxylation is 2. The van der Waals surface area contributed by atoms with Crippen LogP contribution in [0.2, 0.25) is 0 Å². The normalized spacial score (nSPS) is 11.2. The van der Waals surface area contributed by atoms with E-state index < -0.39 is 0 Å². The molecule has 1 heterocycles. The molecule has 184 valence electrons. The number of carbonyl (C=O) groups is 1. The van der Waals surface area contributed by atoms with Gasteiger partial charge in [0, 0.05) is 37.8 Å². The lowest BCUT2D eigenvalue weighted by Crippen LogP contribution is -2.28. The summed E-state index contributed by atoms with van der Waals surface area (Å²) in [5, 5.41) is 2.92. The van der Waals surface area contributed by atoms with E-state index in [0.717, 1.165) is 37.1 Å². The number of rotatable bonds is 13. The zero-order valence-corrected chi connectivity index (χ0v) is 20.7. The van der Waals surface area contributed by atoms with Crippen molar-refractivity contribution in [3.63, 3.8) is 0 Å². The van der Waals surface area contributed by atoms with Crippen LogP contribution in [0.4, 0.5) is 5.69 Å². The van der Waals surface area contributed by atoms with Gasteiger partial charge in [-0.2, -0.15) is 0 Å². The minimum absolute atomic E-state index is 0.0795. The summed E-state index contributed by atoms with van der Waals surface area (Å²) < 4.78 is 14.8. The molecule has 3 rings (SSSR count). The smallest absolute Gasteiger partial charge is 0.329 e. The summed E-state index contributed by atoms with van der Waals surface area (Å²) in [5.74, 6) is 1.04.